The van der Waals surface area contributed by atoms with Gasteiger partial charge in [-0.2, -0.15) is 5.26 Å². The van der Waals surface area contributed by atoms with Crippen molar-refractivity contribution >= 4 is 22.6 Å². The topological polar surface area (TPSA) is 92.0 Å². The van der Waals surface area contributed by atoms with Crippen molar-refractivity contribution in [3.05, 3.63) is 83.1 Å². The molecule has 4 aromatic rings. The van der Waals surface area contributed by atoms with E-state index in [0.717, 1.165) is 25.0 Å². The molecule has 1 heterocycles. The van der Waals surface area contributed by atoms with E-state index in [1.54, 1.807) is 43.3 Å². The number of benzene rings is 3. The molecule has 0 spiro atoms. The van der Waals surface area contributed by atoms with Gasteiger partial charge in [0, 0.05) is 34.2 Å². The van der Waals surface area contributed by atoms with E-state index in [0.29, 0.717) is 33.3 Å². The zero-order valence-electron chi connectivity index (χ0n) is 19.1. The SMILES string of the molecule is Cc1cc(-n2c(C3(CC#N)CCC3)c(-c3cccc(C(=O)O)c3)c3c(N)c(F)ccc32)ccc1F. The number of rotatable bonds is 5. The number of aryl methyl sites for hydroxylation is 1. The van der Waals surface area contributed by atoms with Crippen LogP contribution in [0.4, 0.5) is 14.5 Å². The van der Waals surface area contributed by atoms with Crippen molar-refractivity contribution in [2.24, 2.45) is 0 Å². The highest BCUT2D eigenvalue weighted by Gasteiger charge is 2.44. The van der Waals surface area contributed by atoms with Gasteiger partial charge in [0.15, 0.2) is 0 Å². The molecule has 0 bridgehead atoms. The quantitative estimate of drug-likeness (QED) is 0.325. The van der Waals surface area contributed by atoms with Crippen LogP contribution >= 0.6 is 0 Å². The first-order valence-electron chi connectivity index (χ1n) is 11.4. The summed E-state index contributed by atoms with van der Waals surface area (Å²) in [4.78, 5) is 11.7. The molecule has 0 unspecified atom stereocenters. The van der Waals surface area contributed by atoms with Crippen LogP contribution in [0.3, 0.4) is 0 Å². The summed E-state index contributed by atoms with van der Waals surface area (Å²) in [5, 5.41) is 19.8. The van der Waals surface area contributed by atoms with Crippen LogP contribution < -0.4 is 5.73 Å². The number of anilines is 1. The van der Waals surface area contributed by atoms with Crippen molar-refractivity contribution < 1.29 is 18.7 Å². The summed E-state index contributed by atoms with van der Waals surface area (Å²) >= 11 is 0. The minimum atomic E-state index is -1.08. The number of nitrogens with two attached hydrogens (primary N) is 1. The largest absolute Gasteiger partial charge is 0.478 e. The number of nitrogens with zero attached hydrogens (tertiary/aromatic N) is 2. The molecule has 3 N–H and O–H groups in total. The minimum absolute atomic E-state index is 0.0523. The van der Waals surface area contributed by atoms with Gasteiger partial charge in [-0.05, 0) is 73.4 Å². The number of aromatic nitrogens is 1. The molecule has 5 rings (SSSR count). The van der Waals surface area contributed by atoms with Crippen molar-refractivity contribution in [3.63, 3.8) is 0 Å². The zero-order valence-corrected chi connectivity index (χ0v) is 19.1. The molecule has 3 aromatic carbocycles. The third kappa shape index (κ3) is 3.45. The van der Waals surface area contributed by atoms with E-state index in [1.807, 2.05) is 4.57 Å². The Morgan fingerprint density at radius 2 is 1.89 bits per heavy atom. The van der Waals surface area contributed by atoms with Crippen LogP contribution in [0.25, 0.3) is 27.7 Å². The van der Waals surface area contributed by atoms with Gasteiger partial charge in [-0.1, -0.05) is 18.6 Å². The Balaban J connectivity index is 1.99. The molecule has 0 aliphatic heterocycles. The summed E-state index contributed by atoms with van der Waals surface area (Å²) in [6.07, 6.45) is 2.64. The predicted molar refractivity (Wildman–Crippen MR) is 130 cm³/mol. The highest BCUT2D eigenvalue weighted by atomic mass is 19.1. The fourth-order valence-electron chi connectivity index (χ4n) is 5.26. The third-order valence-corrected chi connectivity index (χ3v) is 7.15. The number of nitriles is 1. The molecule has 176 valence electrons. The summed E-state index contributed by atoms with van der Waals surface area (Å²) in [6, 6.07) is 16.4. The van der Waals surface area contributed by atoms with Crippen LogP contribution in [-0.4, -0.2) is 15.6 Å². The van der Waals surface area contributed by atoms with Gasteiger partial charge >= 0.3 is 5.97 Å². The van der Waals surface area contributed by atoms with Gasteiger partial charge < -0.3 is 15.4 Å². The molecule has 1 fully saturated rings. The molecular weight excluding hydrogens is 448 g/mol. The Morgan fingerprint density at radius 1 is 1.14 bits per heavy atom. The summed E-state index contributed by atoms with van der Waals surface area (Å²) in [5.74, 6) is -2.02. The lowest BCUT2D eigenvalue weighted by atomic mass is 9.63. The van der Waals surface area contributed by atoms with E-state index in [-0.39, 0.29) is 23.5 Å². The first-order chi connectivity index (χ1) is 16.8. The fourth-order valence-corrected chi connectivity index (χ4v) is 5.26. The molecule has 35 heavy (non-hydrogen) atoms. The summed E-state index contributed by atoms with van der Waals surface area (Å²) < 4.78 is 31.0. The Morgan fingerprint density at radius 3 is 2.51 bits per heavy atom. The molecule has 5 nitrogen and oxygen atoms in total. The lowest BCUT2D eigenvalue weighted by molar-refractivity contribution is 0.0697. The van der Waals surface area contributed by atoms with Crippen LogP contribution in [0.1, 0.15) is 47.3 Å². The minimum Gasteiger partial charge on any atom is -0.478 e. The molecule has 1 aliphatic rings. The van der Waals surface area contributed by atoms with Gasteiger partial charge in [0.2, 0.25) is 0 Å². The van der Waals surface area contributed by atoms with Crippen LogP contribution in [0.5, 0.6) is 0 Å². The van der Waals surface area contributed by atoms with E-state index in [9.17, 15) is 23.9 Å². The maximum Gasteiger partial charge on any atom is 0.335 e. The molecule has 1 aromatic heterocycles. The van der Waals surface area contributed by atoms with Crippen molar-refractivity contribution in [1.29, 1.82) is 5.26 Å². The number of nitrogen functional groups attached to an aromatic ring is 1. The number of carbonyl (C=O) groups is 1. The summed E-state index contributed by atoms with van der Waals surface area (Å²) in [5.41, 5.74) is 9.50. The van der Waals surface area contributed by atoms with Gasteiger partial charge in [-0.3, -0.25) is 0 Å². The Labute approximate surface area is 201 Å². The summed E-state index contributed by atoms with van der Waals surface area (Å²) in [6.45, 7) is 1.67. The number of carboxylic acid groups (broad SMARTS) is 1. The molecule has 7 heteroatoms. The predicted octanol–water partition coefficient (Wildman–Crippen LogP) is 6.50. The van der Waals surface area contributed by atoms with Crippen molar-refractivity contribution in [1.82, 2.24) is 4.57 Å². The van der Waals surface area contributed by atoms with E-state index in [2.05, 4.69) is 6.07 Å². The zero-order chi connectivity index (χ0) is 24.9. The monoisotopic (exact) mass is 471 g/mol. The molecule has 0 saturated heterocycles. The van der Waals surface area contributed by atoms with Gasteiger partial charge in [-0.15, -0.1) is 0 Å². The highest BCUT2D eigenvalue weighted by Crippen LogP contribution is 2.54. The number of aromatic carboxylic acids is 1. The standard InChI is InChI=1S/C28H23F2N3O2/c1-16-14-19(6-7-20(16)29)33-22-9-8-21(30)25(32)24(22)23(17-4-2-5-18(15-17)27(34)35)26(33)28(12-13-31)10-3-11-28/h2,4-9,14-15H,3,10-12,32H2,1H3,(H,34,35). The Kier molecular flexibility index (Phi) is 5.32. The Bertz CT molecular complexity index is 1540. The van der Waals surface area contributed by atoms with Gasteiger partial charge in [-0.25, -0.2) is 13.6 Å². The molecule has 0 amide bonds. The third-order valence-electron chi connectivity index (χ3n) is 7.15. The van der Waals surface area contributed by atoms with Crippen molar-refractivity contribution in [2.75, 3.05) is 5.73 Å². The van der Waals surface area contributed by atoms with Gasteiger partial charge in [0.05, 0.1) is 22.8 Å². The molecule has 1 saturated carbocycles. The second kappa shape index (κ2) is 8.24. The van der Waals surface area contributed by atoms with Gasteiger partial charge in [0.1, 0.15) is 11.6 Å². The van der Waals surface area contributed by atoms with Crippen molar-refractivity contribution in [2.45, 2.75) is 38.0 Å². The molecule has 0 radical (unpaired) electrons. The number of halogens is 2. The van der Waals surface area contributed by atoms with Crippen LogP contribution in [0.15, 0.2) is 54.6 Å². The molecule has 0 atom stereocenters. The number of hydrogen-bond donors (Lipinski definition) is 2. The maximum absolute atomic E-state index is 14.8. The van der Waals surface area contributed by atoms with E-state index < -0.39 is 17.2 Å². The average molecular weight is 472 g/mol. The number of carboxylic acids is 1. The van der Waals surface area contributed by atoms with E-state index in [1.165, 1.54) is 18.2 Å². The van der Waals surface area contributed by atoms with Crippen molar-refractivity contribution in [3.8, 4) is 22.9 Å². The highest BCUT2D eigenvalue weighted by molar-refractivity contribution is 6.07. The smallest absolute Gasteiger partial charge is 0.335 e. The maximum atomic E-state index is 14.8. The lowest BCUT2D eigenvalue weighted by Gasteiger charge is -2.42. The first-order valence-corrected chi connectivity index (χ1v) is 11.4. The van der Waals surface area contributed by atoms with E-state index >= 15 is 0 Å². The van der Waals surface area contributed by atoms with E-state index in [4.69, 9.17) is 5.73 Å². The molecular formula is C28H23F2N3O2. The lowest BCUT2D eigenvalue weighted by Crippen LogP contribution is -2.36. The summed E-state index contributed by atoms with van der Waals surface area (Å²) in [7, 11) is 0. The molecule has 1 aliphatic carbocycles. The van der Waals surface area contributed by atoms with Gasteiger partial charge in [0.25, 0.3) is 0 Å². The number of fused-ring (bicyclic) bond motifs is 1. The average Bonchev–Trinajstić information content (AvgIpc) is 3.16. The van der Waals surface area contributed by atoms with Crippen LogP contribution in [0.2, 0.25) is 0 Å². The fraction of sp³-hybridized carbons (Fsp3) is 0.214. The van der Waals surface area contributed by atoms with Crippen LogP contribution in [-0.2, 0) is 5.41 Å². The van der Waals surface area contributed by atoms with Crippen LogP contribution in [0, 0.1) is 29.9 Å². The Hall–Kier alpha value is -4.18. The first kappa shape index (κ1) is 22.6. The second-order valence-electron chi connectivity index (χ2n) is 9.20. The second-order valence-corrected chi connectivity index (χ2v) is 9.20. The normalized spacial score (nSPS) is 14.5. The number of hydrogen-bond acceptors (Lipinski definition) is 3.